The van der Waals surface area contributed by atoms with Crippen LogP contribution in [0.1, 0.15) is 44.9 Å². The monoisotopic (exact) mass is 271 g/mol. The van der Waals surface area contributed by atoms with Crippen molar-refractivity contribution in [3.8, 4) is 0 Å². The lowest BCUT2D eigenvalue weighted by Gasteiger charge is -2.49. The molecule has 104 valence electrons. The van der Waals surface area contributed by atoms with Crippen molar-refractivity contribution in [2.75, 3.05) is 24.6 Å². The first-order valence-corrected chi connectivity index (χ1v) is 9.35. The van der Waals surface area contributed by atoms with Gasteiger partial charge in [-0.2, -0.15) is 0 Å². The van der Waals surface area contributed by atoms with E-state index in [0.717, 1.165) is 38.3 Å². The van der Waals surface area contributed by atoms with E-state index in [4.69, 9.17) is 0 Å². The third-order valence-corrected chi connectivity index (χ3v) is 7.48. The van der Waals surface area contributed by atoms with Crippen molar-refractivity contribution >= 4 is 9.84 Å². The van der Waals surface area contributed by atoms with Gasteiger partial charge in [0.05, 0.1) is 11.5 Å². The average molecular weight is 271 g/mol. The highest BCUT2D eigenvalue weighted by Gasteiger charge is 2.48. The molecule has 1 spiro atoms. The number of nitrogens with one attached hydrogen (secondary N) is 1. The fourth-order valence-corrected chi connectivity index (χ4v) is 6.85. The van der Waals surface area contributed by atoms with E-state index in [-0.39, 0.29) is 5.41 Å². The van der Waals surface area contributed by atoms with Crippen molar-refractivity contribution < 1.29 is 8.42 Å². The van der Waals surface area contributed by atoms with E-state index < -0.39 is 9.84 Å². The molecule has 1 saturated carbocycles. The molecule has 1 aliphatic carbocycles. The summed E-state index contributed by atoms with van der Waals surface area (Å²) in [7, 11) is -2.78. The molecule has 0 bridgehead atoms. The van der Waals surface area contributed by atoms with Crippen molar-refractivity contribution in [2.45, 2.75) is 44.9 Å². The zero-order chi connectivity index (χ0) is 12.6. The molecule has 0 aromatic carbocycles. The lowest BCUT2D eigenvalue weighted by atomic mass is 9.64. The van der Waals surface area contributed by atoms with E-state index in [1.165, 1.54) is 25.7 Å². The zero-order valence-corrected chi connectivity index (χ0v) is 12.0. The second-order valence-corrected chi connectivity index (χ2v) is 8.85. The largest absolute Gasteiger partial charge is 0.316 e. The molecule has 0 aromatic heterocycles. The summed E-state index contributed by atoms with van der Waals surface area (Å²) in [5.41, 5.74) is 0.122. The highest BCUT2D eigenvalue weighted by atomic mass is 32.2. The van der Waals surface area contributed by atoms with E-state index in [1.54, 1.807) is 0 Å². The average Bonchev–Trinajstić information content (AvgIpc) is 2.81. The maximum atomic E-state index is 12.1. The Morgan fingerprint density at radius 2 is 1.83 bits per heavy atom. The molecule has 18 heavy (non-hydrogen) atoms. The predicted octanol–water partition coefficient (Wildman–Crippen LogP) is 1.98. The Hall–Kier alpha value is -0.0900. The molecule has 2 atom stereocenters. The minimum atomic E-state index is -2.78. The normalized spacial score (nSPS) is 41.2. The molecular formula is C14H25NO2S. The fraction of sp³-hybridized carbons (Fsp3) is 1.00. The molecular weight excluding hydrogens is 246 g/mol. The Balaban J connectivity index is 1.85. The zero-order valence-electron chi connectivity index (χ0n) is 11.2. The van der Waals surface area contributed by atoms with E-state index in [0.29, 0.717) is 17.4 Å². The van der Waals surface area contributed by atoms with Gasteiger partial charge in [0, 0.05) is 0 Å². The van der Waals surface area contributed by atoms with Gasteiger partial charge in [-0.15, -0.1) is 0 Å². The molecule has 2 unspecified atom stereocenters. The Bertz CT molecular complexity index is 396. The maximum absolute atomic E-state index is 12.1. The summed E-state index contributed by atoms with van der Waals surface area (Å²) in [5, 5.41) is 3.52. The molecule has 1 N–H and O–H groups in total. The summed E-state index contributed by atoms with van der Waals surface area (Å²) in [6.07, 6.45) is 8.48. The summed E-state index contributed by atoms with van der Waals surface area (Å²) in [4.78, 5) is 0. The number of rotatable bonds is 1. The van der Waals surface area contributed by atoms with Gasteiger partial charge in [-0.05, 0) is 49.6 Å². The van der Waals surface area contributed by atoms with Crippen molar-refractivity contribution in [2.24, 2.45) is 17.3 Å². The van der Waals surface area contributed by atoms with Gasteiger partial charge >= 0.3 is 0 Å². The van der Waals surface area contributed by atoms with E-state index >= 15 is 0 Å². The van der Waals surface area contributed by atoms with Crippen molar-refractivity contribution in [1.29, 1.82) is 0 Å². The summed E-state index contributed by atoms with van der Waals surface area (Å²) in [6.45, 7) is 2.07. The smallest absolute Gasteiger partial charge is 0.150 e. The molecule has 2 aliphatic heterocycles. The van der Waals surface area contributed by atoms with Crippen LogP contribution in [0, 0.1) is 17.3 Å². The Kier molecular flexibility index (Phi) is 3.43. The third-order valence-electron chi connectivity index (χ3n) is 5.56. The molecule has 2 saturated heterocycles. The van der Waals surface area contributed by atoms with Crippen molar-refractivity contribution in [1.82, 2.24) is 5.32 Å². The first kappa shape index (κ1) is 12.9. The van der Waals surface area contributed by atoms with Crippen LogP contribution >= 0.6 is 0 Å². The minimum absolute atomic E-state index is 0.122. The van der Waals surface area contributed by atoms with Crippen molar-refractivity contribution in [3.63, 3.8) is 0 Å². The minimum Gasteiger partial charge on any atom is -0.316 e. The lowest BCUT2D eigenvalue weighted by Crippen LogP contribution is -2.53. The topological polar surface area (TPSA) is 46.2 Å². The quantitative estimate of drug-likeness (QED) is 0.793. The van der Waals surface area contributed by atoms with Gasteiger partial charge in [-0.1, -0.05) is 25.7 Å². The second kappa shape index (κ2) is 4.78. The number of sulfone groups is 1. The first-order valence-electron chi connectivity index (χ1n) is 7.53. The number of piperidine rings is 1. The van der Waals surface area contributed by atoms with Crippen LogP contribution in [0.5, 0.6) is 0 Å². The number of hydrogen-bond acceptors (Lipinski definition) is 3. The summed E-state index contributed by atoms with van der Waals surface area (Å²) in [6, 6.07) is 0. The second-order valence-electron chi connectivity index (χ2n) is 6.66. The highest BCUT2D eigenvalue weighted by Crippen LogP contribution is 2.49. The van der Waals surface area contributed by atoms with Gasteiger partial charge in [0.2, 0.25) is 0 Å². The number of hydrogen-bond donors (Lipinski definition) is 1. The van der Waals surface area contributed by atoms with Crippen LogP contribution in [0.15, 0.2) is 0 Å². The molecule has 3 rings (SSSR count). The van der Waals surface area contributed by atoms with Gasteiger partial charge in [0.15, 0.2) is 9.84 Å². The molecule has 0 radical (unpaired) electrons. The van der Waals surface area contributed by atoms with E-state index in [9.17, 15) is 8.42 Å². The summed E-state index contributed by atoms with van der Waals surface area (Å²) in [5.74, 6) is 2.30. The SMILES string of the molecule is O=S1(=O)CCCC2(CCNCC2C2CCCC2)C1. The molecule has 2 heterocycles. The molecule has 3 nitrogen and oxygen atoms in total. The van der Waals surface area contributed by atoms with E-state index in [1.807, 2.05) is 0 Å². The Labute approximate surface area is 111 Å². The fourth-order valence-electron chi connectivity index (χ4n) is 4.74. The molecule has 0 aromatic rings. The Morgan fingerprint density at radius 1 is 1.06 bits per heavy atom. The van der Waals surface area contributed by atoms with Crippen molar-refractivity contribution in [3.05, 3.63) is 0 Å². The summed E-state index contributed by atoms with van der Waals surface area (Å²) >= 11 is 0. The lowest BCUT2D eigenvalue weighted by molar-refractivity contribution is 0.0681. The van der Waals surface area contributed by atoms with Gasteiger partial charge in [0.25, 0.3) is 0 Å². The van der Waals surface area contributed by atoms with Crippen LogP contribution in [-0.4, -0.2) is 33.0 Å². The van der Waals surface area contributed by atoms with Crippen LogP contribution in [0.3, 0.4) is 0 Å². The standard InChI is InChI=1S/C14H25NO2S/c16-18(17)9-3-6-14(11-18)7-8-15-10-13(14)12-4-1-2-5-12/h12-13,15H,1-11H2. The van der Waals surface area contributed by atoms with E-state index in [2.05, 4.69) is 5.32 Å². The van der Waals surface area contributed by atoms with Crippen LogP contribution in [0.2, 0.25) is 0 Å². The molecule has 3 fully saturated rings. The molecule has 4 heteroatoms. The van der Waals surface area contributed by atoms with Gasteiger partial charge in [-0.25, -0.2) is 8.42 Å². The Morgan fingerprint density at radius 3 is 2.56 bits per heavy atom. The van der Waals surface area contributed by atoms with Crippen LogP contribution in [0.25, 0.3) is 0 Å². The molecule has 3 aliphatic rings. The third kappa shape index (κ3) is 2.34. The van der Waals surface area contributed by atoms with Gasteiger partial charge in [-0.3, -0.25) is 0 Å². The van der Waals surface area contributed by atoms with Crippen LogP contribution in [-0.2, 0) is 9.84 Å². The molecule has 0 amide bonds. The summed E-state index contributed by atoms with van der Waals surface area (Å²) < 4.78 is 24.1. The van der Waals surface area contributed by atoms with Gasteiger partial charge in [0.1, 0.15) is 0 Å². The first-order chi connectivity index (χ1) is 8.61. The van der Waals surface area contributed by atoms with Gasteiger partial charge < -0.3 is 5.32 Å². The maximum Gasteiger partial charge on any atom is 0.150 e. The highest BCUT2D eigenvalue weighted by molar-refractivity contribution is 7.91. The van der Waals surface area contributed by atoms with Crippen LogP contribution in [0.4, 0.5) is 0 Å². The van der Waals surface area contributed by atoms with Crippen LogP contribution < -0.4 is 5.32 Å². The predicted molar refractivity (Wildman–Crippen MR) is 73.3 cm³/mol.